The van der Waals surface area contributed by atoms with Gasteiger partial charge in [0.15, 0.2) is 11.6 Å². The number of alkyl halides is 3. The van der Waals surface area contributed by atoms with Gasteiger partial charge in [-0.25, -0.2) is 18.1 Å². The van der Waals surface area contributed by atoms with E-state index in [2.05, 4.69) is 0 Å². The number of methoxy groups -OCH3 is 1. The standard InChI is InChI=1S/C32H30F5N3O5.Na/c1-4-38(17-9-16-27(41)42)24-13-5-6-14-25(24)40-30(43)28(20-10-7-15-26(45-3)29(20)34)19(2)39(31(40)44)18-21-22(32(35,36)37)11-8-12-23(21)33;/h5-8,10-15H,4,9,16-18H2,1-3H3,(H,41,42);/q;+1/p-1. The van der Waals surface area contributed by atoms with E-state index in [-0.39, 0.29) is 77.2 Å². The number of carboxylic acids is 1. The van der Waals surface area contributed by atoms with Crippen LogP contribution in [-0.4, -0.2) is 35.3 Å². The minimum absolute atomic E-state index is 0. The van der Waals surface area contributed by atoms with Crippen LogP contribution in [0.15, 0.2) is 70.3 Å². The number of carbonyl (C=O) groups is 1. The van der Waals surface area contributed by atoms with Gasteiger partial charge in [-0.15, -0.1) is 0 Å². The first-order valence-electron chi connectivity index (χ1n) is 13.9. The molecule has 0 aliphatic heterocycles. The van der Waals surface area contributed by atoms with Gasteiger partial charge in [0.25, 0.3) is 5.56 Å². The number of hydrogen-bond donors (Lipinski definition) is 0. The van der Waals surface area contributed by atoms with E-state index in [0.29, 0.717) is 22.9 Å². The largest absolute Gasteiger partial charge is 1.00 e. The molecule has 0 unspecified atom stereocenters. The Morgan fingerprint density at radius 3 is 2.30 bits per heavy atom. The number of para-hydroxylation sites is 2. The second-order valence-corrected chi connectivity index (χ2v) is 10.1. The number of halogens is 5. The average molecular weight is 654 g/mol. The van der Waals surface area contributed by atoms with Crippen molar-refractivity contribution in [1.82, 2.24) is 9.13 Å². The SMILES string of the molecule is CCN(CCCC(=O)[O-])c1ccccc1-n1c(=O)c(-c2cccc(OC)c2F)c(C)n(Cc2c(F)cccc2C(F)(F)F)c1=O.[Na+]. The van der Waals surface area contributed by atoms with E-state index in [9.17, 15) is 37.1 Å². The van der Waals surface area contributed by atoms with E-state index in [1.54, 1.807) is 24.0 Å². The van der Waals surface area contributed by atoms with Crippen LogP contribution in [0.5, 0.6) is 5.75 Å². The molecule has 4 rings (SSSR count). The second kappa shape index (κ2) is 15.1. The molecule has 0 bridgehead atoms. The Morgan fingerprint density at radius 2 is 1.67 bits per heavy atom. The summed E-state index contributed by atoms with van der Waals surface area (Å²) < 4.78 is 79.0. The Morgan fingerprint density at radius 1 is 1.00 bits per heavy atom. The summed E-state index contributed by atoms with van der Waals surface area (Å²) in [5, 5.41) is 11.0. The molecule has 0 N–H and O–H groups in total. The predicted octanol–water partition coefficient (Wildman–Crippen LogP) is 1.69. The van der Waals surface area contributed by atoms with Crippen LogP contribution in [-0.2, 0) is 17.5 Å². The number of anilines is 1. The maximum absolute atomic E-state index is 15.6. The van der Waals surface area contributed by atoms with Gasteiger partial charge >= 0.3 is 41.4 Å². The van der Waals surface area contributed by atoms with Crippen molar-refractivity contribution < 1.29 is 66.1 Å². The van der Waals surface area contributed by atoms with Crippen LogP contribution in [0.2, 0.25) is 0 Å². The zero-order valence-corrected chi connectivity index (χ0v) is 27.6. The van der Waals surface area contributed by atoms with E-state index in [4.69, 9.17) is 4.74 Å². The molecule has 4 aromatic rings. The zero-order valence-electron chi connectivity index (χ0n) is 25.6. The van der Waals surface area contributed by atoms with Crippen LogP contribution in [0.25, 0.3) is 16.8 Å². The summed E-state index contributed by atoms with van der Waals surface area (Å²) in [5.74, 6) is -3.67. The van der Waals surface area contributed by atoms with Crippen LogP contribution in [0.4, 0.5) is 27.6 Å². The fraction of sp³-hybridized carbons (Fsp3) is 0.281. The van der Waals surface area contributed by atoms with Gasteiger partial charge in [0.05, 0.1) is 36.2 Å². The summed E-state index contributed by atoms with van der Waals surface area (Å²) in [6, 6.07) is 12.5. The fourth-order valence-corrected chi connectivity index (χ4v) is 5.25. The molecule has 0 saturated heterocycles. The number of carbonyl (C=O) groups excluding carboxylic acids is 1. The van der Waals surface area contributed by atoms with E-state index < -0.39 is 52.7 Å². The van der Waals surface area contributed by atoms with Crippen molar-refractivity contribution in [2.24, 2.45) is 0 Å². The number of aliphatic carboxylic acids is 1. The van der Waals surface area contributed by atoms with Crippen molar-refractivity contribution >= 4 is 11.7 Å². The molecule has 3 aromatic carbocycles. The quantitative estimate of drug-likeness (QED) is 0.181. The molecule has 0 atom stereocenters. The molecule has 0 aliphatic rings. The van der Waals surface area contributed by atoms with E-state index >= 15 is 4.39 Å². The second-order valence-electron chi connectivity index (χ2n) is 10.1. The van der Waals surface area contributed by atoms with Crippen molar-refractivity contribution in [3.63, 3.8) is 0 Å². The predicted molar refractivity (Wildman–Crippen MR) is 156 cm³/mol. The number of benzene rings is 3. The third-order valence-corrected chi connectivity index (χ3v) is 7.45. The maximum Gasteiger partial charge on any atom is 1.00 e. The van der Waals surface area contributed by atoms with E-state index in [0.717, 1.165) is 16.7 Å². The number of nitrogens with zero attached hydrogens (tertiary/aromatic N) is 3. The number of aromatic nitrogens is 2. The van der Waals surface area contributed by atoms with Gasteiger partial charge in [0, 0.05) is 35.9 Å². The molecule has 14 heteroatoms. The fourth-order valence-electron chi connectivity index (χ4n) is 5.25. The summed E-state index contributed by atoms with van der Waals surface area (Å²) in [4.78, 5) is 41.1. The number of hydrogen-bond acceptors (Lipinski definition) is 6. The Kier molecular flexibility index (Phi) is 12.0. The topological polar surface area (TPSA) is 96.6 Å². The minimum atomic E-state index is -4.97. The van der Waals surface area contributed by atoms with E-state index in [1.165, 1.54) is 44.4 Å². The van der Waals surface area contributed by atoms with Crippen molar-refractivity contribution in [3.8, 4) is 22.6 Å². The van der Waals surface area contributed by atoms with Crippen molar-refractivity contribution in [3.05, 3.63) is 110 Å². The first-order valence-corrected chi connectivity index (χ1v) is 13.9. The Hall–Kier alpha value is -3.94. The molecule has 1 heterocycles. The zero-order chi connectivity index (χ0) is 33.1. The molecule has 0 saturated carbocycles. The molecule has 238 valence electrons. The van der Waals surface area contributed by atoms with Gasteiger partial charge in [-0.1, -0.05) is 30.3 Å². The molecule has 0 amide bonds. The van der Waals surface area contributed by atoms with Gasteiger partial charge in [0.2, 0.25) is 0 Å². The molecular weight excluding hydrogens is 624 g/mol. The van der Waals surface area contributed by atoms with Gasteiger partial charge in [-0.05, 0) is 57.0 Å². The Labute approximate surface area is 283 Å². The third kappa shape index (κ3) is 7.37. The van der Waals surface area contributed by atoms with Crippen LogP contribution in [0.1, 0.15) is 36.6 Å². The number of rotatable bonds is 11. The summed E-state index contributed by atoms with van der Waals surface area (Å²) in [5.41, 5.74) is -4.76. The number of carboxylic acid groups (broad SMARTS) is 1. The number of ether oxygens (including phenoxy) is 1. The third-order valence-electron chi connectivity index (χ3n) is 7.45. The normalized spacial score (nSPS) is 11.2. The van der Waals surface area contributed by atoms with Crippen LogP contribution < -0.4 is 55.5 Å². The Balaban J connectivity index is 0.00000576. The van der Waals surface area contributed by atoms with Gasteiger partial charge in [-0.2, -0.15) is 13.2 Å². The van der Waals surface area contributed by atoms with Crippen molar-refractivity contribution in [1.29, 1.82) is 0 Å². The summed E-state index contributed by atoms with van der Waals surface area (Å²) >= 11 is 0. The first kappa shape index (κ1) is 36.5. The van der Waals surface area contributed by atoms with Gasteiger partial charge < -0.3 is 19.5 Å². The molecule has 0 spiro atoms. The molecule has 46 heavy (non-hydrogen) atoms. The molecular formula is C32H29F5N3NaO5. The van der Waals surface area contributed by atoms with Crippen molar-refractivity contribution in [2.75, 3.05) is 25.1 Å². The minimum Gasteiger partial charge on any atom is -0.550 e. The summed E-state index contributed by atoms with van der Waals surface area (Å²) in [6.07, 6.45) is -5.05. The average Bonchev–Trinajstić information content (AvgIpc) is 2.98. The van der Waals surface area contributed by atoms with Crippen LogP contribution in [0.3, 0.4) is 0 Å². The smallest absolute Gasteiger partial charge is 0.550 e. The van der Waals surface area contributed by atoms with E-state index in [1.807, 2.05) is 0 Å². The van der Waals surface area contributed by atoms with Gasteiger partial charge in [-0.3, -0.25) is 9.36 Å². The monoisotopic (exact) mass is 653 g/mol. The summed E-state index contributed by atoms with van der Waals surface area (Å²) in [7, 11) is 1.21. The Bertz CT molecular complexity index is 1860. The van der Waals surface area contributed by atoms with Crippen molar-refractivity contribution in [2.45, 2.75) is 39.4 Å². The van der Waals surface area contributed by atoms with Crippen LogP contribution in [0, 0.1) is 18.6 Å². The van der Waals surface area contributed by atoms with Gasteiger partial charge in [0.1, 0.15) is 5.82 Å². The molecule has 0 aliphatic carbocycles. The summed E-state index contributed by atoms with van der Waals surface area (Å²) in [6.45, 7) is 2.61. The van der Waals surface area contributed by atoms with Crippen LogP contribution >= 0.6 is 0 Å². The first-order chi connectivity index (χ1) is 21.3. The maximum atomic E-state index is 15.6. The molecule has 8 nitrogen and oxygen atoms in total. The molecule has 0 fully saturated rings. The molecule has 0 radical (unpaired) electrons. The molecule has 1 aromatic heterocycles.